The second-order valence-electron chi connectivity index (χ2n) is 5.50. The Kier molecular flexibility index (Phi) is 4.90. The number of hydrogen-bond donors (Lipinski definition) is 1. The molecular weight excluding hydrogens is 242 g/mol. The van der Waals surface area contributed by atoms with Gasteiger partial charge >= 0.3 is 0 Å². The van der Waals surface area contributed by atoms with E-state index in [0.717, 1.165) is 13.1 Å². The summed E-state index contributed by atoms with van der Waals surface area (Å²) < 4.78 is 1.54. The van der Waals surface area contributed by atoms with Crippen molar-refractivity contribution in [3.05, 3.63) is 12.4 Å². The van der Waals surface area contributed by atoms with Gasteiger partial charge < -0.3 is 10.2 Å². The number of amides is 1. The molecule has 0 bridgehead atoms. The molecule has 1 saturated heterocycles. The van der Waals surface area contributed by atoms with Gasteiger partial charge in [0, 0.05) is 25.3 Å². The maximum Gasteiger partial charge on any atom is 0.241 e. The zero-order valence-electron chi connectivity index (χ0n) is 11.7. The van der Waals surface area contributed by atoms with Crippen LogP contribution in [0.2, 0.25) is 0 Å². The lowest BCUT2D eigenvalue weighted by Crippen LogP contribution is -2.44. The largest absolute Gasteiger partial charge is 0.354 e. The van der Waals surface area contributed by atoms with Crippen LogP contribution in [0.3, 0.4) is 0 Å². The van der Waals surface area contributed by atoms with Gasteiger partial charge in [0.2, 0.25) is 5.91 Å². The van der Waals surface area contributed by atoms with Gasteiger partial charge in [-0.05, 0) is 39.2 Å². The Bertz CT molecular complexity index is 390. The van der Waals surface area contributed by atoms with E-state index in [0.29, 0.717) is 12.0 Å². The molecule has 19 heavy (non-hydrogen) atoms. The van der Waals surface area contributed by atoms with E-state index in [9.17, 15) is 4.79 Å². The van der Waals surface area contributed by atoms with Crippen molar-refractivity contribution in [2.24, 2.45) is 5.92 Å². The van der Waals surface area contributed by atoms with E-state index in [1.54, 1.807) is 12.4 Å². The molecule has 1 fully saturated rings. The Hall–Kier alpha value is -1.43. The van der Waals surface area contributed by atoms with E-state index < -0.39 is 0 Å². The minimum absolute atomic E-state index is 0.00664. The molecule has 106 valence electrons. The van der Waals surface area contributed by atoms with Gasteiger partial charge in [-0.1, -0.05) is 5.21 Å². The van der Waals surface area contributed by atoms with Gasteiger partial charge in [0.05, 0.1) is 6.20 Å². The predicted molar refractivity (Wildman–Crippen MR) is 72.5 cm³/mol. The van der Waals surface area contributed by atoms with Crippen LogP contribution in [0.1, 0.15) is 26.7 Å². The van der Waals surface area contributed by atoms with E-state index in [1.807, 2.05) is 0 Å². The van der Waals surface area contributed by atoms with E-state index in [-0.39, 0.29) is 12.5 Å². The Morgan fingerprint density at radius 1 is 1.53 bits per heavy atom. The average molecular weight is 265 g/mol. The number of carbonyl (C=O) groups is 1. The van der Waals surface area contributed by atoms with Crippen LogP contribution in [0.25, 0.3) is 0 Å². The number of carbonyl (C=O) groups excluding carboxylic acids is 1. The van der Waals surface area contributed by atoms with Crippen molar-refractivity contribution in [1.29, 1.82) is 0 Å². The lowest BCUT2D eigenvalue weighted by atomic mass is 9.97. The molecule has 6 heteroatoms. The summed E-state index contributed by atoms with van der Waals surface area (Å²) >= 11 is 0. The molecule has 1 aliphatic heterocycles. The smallest absolute Gasteiger partial charge is 0.241 e. The average Bonchev–Trinajstić information content (AvgIpc) is 2.89. The molecule has 0 aromatic carbocycles. The third-order valence-corrected chi connectivity index (χ3v) is 3.65. The first-order chi connectivity index (χ1) is 9.15. The fourth-order valence-corrected chi connectivity index (χ4v) is 2.51. The van der Waals surface area contributed by atoms with Crippen LogP contribution in [0.5, 0.6) is 0 Å². The molecule has 1 N–H and O–H groups in total. The Labute approximate surface area is 114 Å². The second kappa shape index (κ2) is 6.65. The van der Waals surface area contributed by atoms with Crippen LogP contribution in [0.15, 0.2) is 12.4 Å². The van der Waals surface area contributed by atoms with Crippen LogP contribution in [-0.2, 0) is 11.3 Å². The van der Waals surface area contributed by atoms with Crippen LogP contribution < -0.4 is 5.32 Å². The van der Waals surface area contributed by atoms with Crippen molar-refractivity contribution in [3.63, 3.8) is 0 Å². The highest BCUT2D eigenvalue weighted by Crippen LogP contribution is 2.17. The van der Waals surface area contributed by atoms with E-state index >= 15 is 0 Å². The number of aromatic nitrogens is 3. The predicted octanol–water partition coefficient (Wildman–Crippen LogP) is 0.515. The molecule has 0 saturated carbocycles. The summed E-state index contributed by atoms with van der Waals surface area (Å²) in [5.41, 5.74) is 0. The van der Waals surface area contributed by atoms with Gasteiger partial charge in [-0.3, -0.25) is 4.79 Å². The summed E-state index contributed by atoms with van der Waals surface area (Å²) in [7, 11) is 0. The van der Waals surface area contributed by atoms with Crippen molar-refractivity contribution in [1.82, 2.24) is 25.2 Å². The van der Waals surface area contributed by atoms with Gasteiger partial charge in [-0.15, -0.1) is 5.10 Å². The number of nitrogens with zero attached hydrogens (tertiary/aromatic N) is 4. The molecule has 1 amide bonds. The molecule has 0 spiro atoms. The minimum Gasteiger partial charge on any atom is -0.354 e. The first-order valence-corrected chi connectivity index (χ1v) is 7.00. The zero-order valence-corrected chi connectivity index (χ0v) is 11.7. The normalized spacial score (nSPS) is 20.7. The Balaban J connectivity index is 1.71. The van der Waals surface area contributed by atoms with Crippen LogP contribution >= 0.6 is 0 Å². The summed E-state index contributed by atoms with van der Waals surface area (Å²) in [5.74, 6) is 0.572. The molecule has 1 aromatic heterocycles. The van der Waals surface area contributed by atoms with Gasteiger partial charge in [0.15, 0.2) is 0 Å². The molecule has 1 aliphatic rings. The zero-order chi connectivity index (χ0) is 13.7. The Morgan fingerprint density at radius 2 is 2.37 bits per heavy atom. The monoisotopic (exact) mass is 265 g/mol. The number of piperidine rings is 1. The first-order valence-electron chi connectivity index (χ1n) is 7.00. The summed E-state index contributed by atoms with van der Waals surface area (Å²) in [6.45, 7) is 7.73. The highest BCUT2D eigenvalue weighted by atomic mass is 16.2. The SMILES string of the molecule is CC(C)N1CCC[C@@H](CNC(=O)Cn2ccnn2)C1. The lowest BCUT2D eigenvalue weighted by molar-refractivity contribution is -0.122. The molecule has 1 aromatic rings. The van der Waals surface area contributed by atoms with Crippen LogP contribution in [0.4, 0.5) is 0 Å². The Morgan fingerprint density at radius 3 is 3.05 bits per heavy atom. The van der Waals surface area contributed by atoms with Gasteiger partial charge in [-0.25, -0.2) is 4.68 Å². The van der Waals surface area contributed by atoms with Gasteiger partial charge in [0.25, 0.3) is 0 Å². The number of hydrogen-bond acceptors (Lipinski definition) is 4. The summed E-state index contributed by atoms with van der Waals surface area (Å²) in [6, 6.07) is 0.591. The first kappa shape index (κ1) is 14.0. The van der Waals surface area contributed by atoms with Crippen molar-refractivity contribution < 1.29 is 4.79 Å². The molecular formula is C13H23N5O. The molecule has 1 atom stereocenters. The fraction of sp³-hybridized carbons (Fsp3) is 0.769. The second-order valence-corrected chi connectivity index (χ2v) is 5.50. The maximum absolute atomic E-state index is 11.8. The third-order valence-electron chi connectivity index (χ3n) is 3.65. The van der Waals surface area contributed by atoms with Crippen molar-refractivity contribution >= 4 is 5.91 Å². The molecule has 6 nitrogen and oxygen atoms in total. The van der Waals surface area contributed by atoms with Crippen molar-refractivity contribution in [3.8, 4) is 0 Å². The summed E-state index contributed by atoms with van der Waals surface area (Å²) in [6.07, 6.45) is 5.70. The topological polar surface area (TPSA) is 63.1 Å². The number of rotatable bonds is 5. The minimum atomic E-state index is 0.00664. The lowest BCUT2D eigenvalue weighted by Gasteiger charge is -2.35. The number of likely N-dealkylation sites (tertiary alicyclic amines) is 1. The van der Waals surface area contributed by atoms with Gasteiger partial charge in [-0.2, -0.15) is 0 Å². The van der Waals surface area contributed by atoms with Crippen LogP contribution in [-0.4, -0.2) is 51.5 Å². The van der Waals surface area contributed by atoms with E-state index in [1.165, 1.54) is 24.1 Å². The number of nitrogens with one attached hydrogen (secondary N) is 1. The summed E-state index contributed by atoms with van der Waals surface area (Å²) in [5, 5.41) is 10.5. The molecule has 0 unspecified atom stereocenters. The maximum atomic E-state index is 11.8. The molecule has 0 aliphatic carbocycles. The molecule has 2 heterocycles. The molecule has 0 radical (unpaired) electrons. The highest BCUT2D eigenvalue weighted by molar-refractivity contribution is 5.75. The summed E-state index contributed by atoms with van der Waals surface area (Å²) in [4.78, 5) is 14.2. The third kappa shape index (κ3) is 4.31. The van der Waals surface area contributed by atoms with Crippen molar-refractivity contribution in [2.45, 2.75) is 39.3 Å². The quantitative estimate of drug-likeness (QED) is 0.843. The van der Waals surface area contributed by atoms with E-state index in [2.05, 4.69) is 34.4 Å². The molecule has 2 rings (SSSR count). The highest BCUT2D eigenvalue weighted by Gasteiger charge is 2.21. The standard InChI is InChI=1S/C13H23N5O/c1-11(2)17-6-3-4-12(9-17)8-14-13(19)10-18-7-5-15-16-18/h5,7,11-12H,3-4,6,8-10H2,1-2H3,(H,14,19)/t12-/m0/s1. The van der Waals surface area contributed by atoms with Crippen molar-refractivity contribution in [2.75, 3.05) is 19.6 Å². The van der Waals surface area contributed by atoms with Crippen LogP contribution in [0, 0.1) is 5.92 Å². The van der Waals surface area contributed by atoms with E-state index in [4.69, 9.17) is 0 Å². The fourth-order valence-electron chi connectivity index (χ4n) is 2.51. The van der Waals surface area contributed by atoms with Gasteiger partial charge in [0.1, 0.15) is 6.54 Å².